The molecule has 5 rings (SSSR count). The summed E-state index contributed by atoms with van der Waals surface area (Å²) in [6.07, 6.45) is -2.11. The van der Waals surface area contributed by atoms with Crippen molar-refractivity contribution in [2.75, 3.05) is 5.32 Å². The van der Waals surface area contributed by atoms with Crippen molar-refractivity contribution in [1.29, 1.82) is 0 Å². The standard InChI is InChI=1S/C24H17F2N3O3S/c1-13-10-18-19(32-24(25,26)31-18)11-17(13)16-8-9-20(27-12-16)29-22(30)21-14(2)28-23(33-21)15-6-4-3-5-7-15/h3-12H,1-2H3,(H,27,29,30). The zero-order valence-electron chi connectivity index (χ0n) is 17.6. The second kappa shape index (κ2) is 7.93. The van der Waals surface area contributed by atoms with E-state index in [1.165, 1.54) is 23.5 Å². The molecule has 0 fully saturated rings. The van der Waals surface area contributed by atoms with Gasteiger partial charge in [0.05, 0.1) is 5.69 Å². The van der Waals surface area contributed by atoms with Gasteiger partial charge in [-0.05, 0) is 49.2 Å². The highest BCUT2D eigenvalue weighted by Gasteiger charge is 2.43. The van der Waals surface area contributed by atoms with Crippen LogP contribution >= 0.6 is 11.3 Å². The molecule has 2 aromatic carbocycles. The maximum absolute atomic E-state index is 13.3. The number of rotatable bonds is 4. The topological polar surface area (TPSA) is 73.3 Å². The number of halogens is 2. The first kappa shape index (κ1) is 21.0. The highest BCUT2D eigenvalue weighted by Crippen LogP contribution is 2.44. The van der Waals surface area contributed by atoms with Gasteiger partial charge in [-0.25, -0.2) is 9.97 Å². The van der Waals surface area contributed by atoms with Crippen molar-refractivity contribution in [3.8, 4) is 33.2 Å². The van der Waals surface area contributed by atoms with E-state index < -0.39 is 6.29 Å². The Bertz CT molecular complexity index is 1360. The summed E-state index contributed by atoms with van der Waals surface area (Å²) in [7, 11) is 0. The molecule has 0 radical (unpaired) electrons. The summed E-state index contributed by atoms with van der Waals surface area (Å²) in [6, 6.07) is 16.0. The lowest BCUT2D eigenvalue weighted by molar-refractivity contribution is -0.286. The minimum atomic E-state index is -3.67. The average molecular weight is 465 g/mol. The van der Waals surface area contributed by atoms with Crippen molar-refractivity contribution in [3.05, 3.63) is 76.9 Å². The predicted molar refractivity (Wildman–Crippen MR) is 121 cm³/mol. The number of nitrogens with zero attached hydrogens (tertiary/aromatic N) is 2. The number of carbonyl (C=O) groups excluding carboxylic acids is 1. The van der Waals surface area contributed by atoms with E-state index in [1.54, 1.807) is 32.2 Å². The van der Waals surface area contributed by atoms with Crippen LogP contribution in [0.1, 0.15) is 20.9 Å². The van der Waals surface area contributed by atoms with Crippen LogP contribution in [0, 0.1) is 13.8 Å². The van der Waals surface area contributed by atoms with Gasteiger partial charge in [0.1, 0.15) is 15.7 Å². The van der Waals surface area contributed by atoms with Gasteiger partial charge in [0.2, 0.25) is 0 Å². The van der Waals surface area contributed by atoms with Crippen molar-refractivity contribution in [2.24, 2.45) is 0 Å². The number of ether oxygens (including phenoxy) is 2. The Morgan fingerprint density at radius 1 is 1.00 bits per heavy atom. The Hall–Kier alpha value is -3.85. The number of anilines is 1. The van der Waals surface area contributed by atoms with Crippen molar-refractivity contribution in [1.82, 2.24) is 9.97 Å². The molecular weight excluding hydrogens is 448 g/mol. The zero-order chi connectivity index (χ0) is 23.2. The summed E-state index contributed by atoms with van der Waals surface area (Å²) in [4.78, 5) is 22.1. The molecule has 1 N–H and O–H groups in total. The van der Waals surface area contributed by atoms with Gasteiger partial charge in [-0.15, -0.1) is 20.1 Å². The molecule has 4 aromatic rings. The van der Waals surface area contributed by atoms with Crippen LogP contribution in [0.25, 0.3) is 21.7 Å². The molecule has 0 aliphatic carbocycles. The fourth-order valence-corrected chi connectivity index (χ4v) is 4.49. The molecule has 33 heavy (non-hydrogen) atoms. The maximum atomic E-state index is 13.3. The average Bonchev–Trinajstić information content (AvgIpc) is 3.32. The maximum Gasteiger partial charge on any atom is 0.586 e. The number of thiazole rings is 1. The number of nitrogens with one attached hydrogen (secondary N) is 1. The number of carbonyl (C=O) groups is 1. The van der Waals surface area contributed by atoms with Crippen molar-refractivity contribution < 1.29 is 23.0 Å². The van der Waals surface area contributed by atoms with Crippen molar-refractivity contribution >= 4 is 23.1 Å². The Morgan fingerprint density at radius 3 is 2.42 bits per heavy atom. The first-order chi connectivity index (χ1) is 15.8. The van der Waals surface area contributed by atoms with E-state index in [-0.39, 0.29) is 17.4 Å². The summed E-state index contributed by atoms with van der Waals surface area (Å²) in [5.41, 5.74) is 3.67. The summed E-state index contributed by atoms with van der Waals surface area (Å²) >= 11 is 1.32. The molecule has 6 nitrogen and oxygen atoms in total. The SMILES string of the molecule is Cc1cc2c(cc1-c1ccc(NC(=O)c3sc(-c4ccccc4)nc3C)nc1)OC(F)(F)O2. The van der Waals surface area contributed by atoms with Gasteiger partial charge < -0.3 is 14.8 Å². The lowest BCUT2D eigenvalue weighted by atomic mass is 10.0. The fourth-order valence-electron chi connectivity index (χ4n) is 3.52. The van der Waals surface area contributed by atoms with Gasteiger partial charge in [-0.3, -0.25) is 4.79 Å². The molecule has 0 saturated heterocycles. The second-order valence-electron chi connectivity index (χ2n) is 7.47. The second-order valence-corrected chi connectivity index (χ2v) is 8.47. The molecule has 1 aliphatic heterocycles. The van der Waals surface area contributed by atoms with Gasteiger partial charge >= 0.3 is 6.29 Å². The molecular formula is C24H17F2N3O3S. The largest absolute Gasteiger partial charge is 0.586 e. The predicted octanol–water partition coefficient (Wildman–Crippen LogP) is 6.06. The van der Waals surface area contributed by atoms with E-state index in [9.17, 15) is 13.6 Å². The van der Waals surface area contributed by atoms with E-state index >= 15 is 0 Å². The summed E-state index contributed by atoms with van der Waals surface area (Å²) < 4.78 is 35.7. The number of aromatic nitrogens is 2. The Kier molecular flexibility index (Phi) is 5.05. The lowest BCUT2D eigenvalue weighted by Crippen LogP contribution is -2.25. The van der Waals surface area contributed by atoms with Crippen LogP contribution in [-0.4, -0.2) is 22.2 Å². The summed E-state index contributed by atoms with van der Waals surface area (Å²) in [5, 5.41) is 3.55. The minimum Gasteiger partial charge on any atom is -0.395 e. The highest BCUT2D eigenvalue weighted by molar-refractivity contribution is 7.17. The number of hydrogen-bond donors (Lipinski definition) is 1. The van der Waals surface area contributed by atoms with Crippen molar-refractivity contribution in [3.63, 3.8) is 0 Å². The lowest BCUT2D eigenvalue weighted by Gasteiger charge is -2.09. The third-order valence-electron chi connectivity index (χ3n) is 5.09. The van der Waals surface area contributed by atoms with Crippen molar-refractivity contribution in [2.45, 2.75) is 20.1 Å². The van der Waals surface area contributed by atoms with E-state index in [4.69, 9.17) is 0 Å². The Morgan fingerprint density at radius 2 is 1.73 bits per heavy atom. The number of amides is 1. The van der Waals surface area contributed by atoms with Gasteiger partial charge in [0.15, 0.2) is 11.5 Å². The van der Waals surface area contributed by atoms with Gasteiger partial charge in [0, 0.05) is 17.3 Å². The van der Waals surface area contributed by atoms with Crippen LogP contribution < -0.4 is 14.8 Å². The number of aryl methyl sites for hydroxylation is 2. The Labute approximate surface area is 191 Å². The molecule has 2 aromatic heterocycles. The summed E-state index contributed by atoms with van der Waals surface area (Å²) in [6.45, 7) is 3.57. The fraction of sp³-hybridized carbons (Fsp3) is 0.125. The van der Waals surface area contributed by atoms with Crippen LogP contribution in [0.3, 0.4) is 0 Å². The normalized spacial score (nSPS) is 13.7. The third-order valence-corrected chi connectivity index (χ3v) is 6.29. The van der Waals surface area contributed by atoms with E-state index in [1.807, 2.05) is 30.3 Å². The van der Waals surface area contributed by atoms with Gasteiger partial charge in [0.25, 0.3) is 5.91 Å². The molecule has 9 heteroatoms. The van der Waals surface area contributed by atoms with E-state index in [2.05, 4.69) is 24.8 Å². The van der Waals surface area contributed by atoms with Gasteiger partial charge in [-0.2, -0.15) is 0 Å². The molecule has 0 spiro atoms. The first-order valence-corrected chi connectivity index (χ1v) is 10.8. The molecule has 0 atom stereocenters. The molecule has 3 heterocycles. The Balaban J connectivity index is 1.34. The summed E-state index contributed by atoms with van der Waals surface area (Å²) in [5.74, 6) is 0.0254. The van der Waals surface area contributed by atoms with Crippen LogP contribution in [0.4, 0.5) is 14.6 Å². The highest BCUT2D eigenvalue weighted by atomic mass is 32.1. The number of fused-ring (bicyclic) bond motifs is 1. The number of hydrogen-bond acceptors (Lipinski definition) is 6. The quantitative estimate of drug-likeness (QED) is 0.396. The van der Waals surface area contributed by atoms with E-state index in [0.29, 0.717) is 27.5 Å². The third kappa shape index (κ3) is 4.14. The number of benzene rings is 2. The van der Waals surface area contributed by atoms with Crippen LogP contribution in [0.5, 0.6) is 11.5 Å². The van der Waals surface area contributed by atoms with Gasteiger partial charge in [-0.1, -0.05) is 30.3 Å². The molecule has 166 valence electrons. The minimum absolute atomic E-state index is 0.00658. The molecule has 0 saturated carbocycles. The molecule has 1 amide bonds. The molecule has 1 aliphatic rings. The molecule has 0 unspecified atom stereocenters. The smallest absolute Gasteiger partial charge is 0.395 e. The van der Waals surface area contributed by atoms with E-state index in [0.717, 1.165) is 16.1 Å². The first-order valence-electron chi connectivity index (χ1n) is 10.0. The number of alkyl halides is 2. The van der Waals surface area contributed by atoms with Crippen LogP contribution in [0.15, 0.2) is 60.8 Å². The number of pyridine rings is 1. The zero-order valence-corrected chi connectivity index (χ0v) is 18.4. The molecule has 0 bridgehead atoms. The van der Waals surface area contributed by atoms with Crippen LogP contribution in [0.2, 0.25) is 0 Å². The monoisotopic (exact) mass is 465 g/mol. The van der Waals surface area contributed by atoms with Crippen LogP contribution in [-0.2, 0) is 0 Å².